The lowest BCUT2D eigenvalue weighted by Crippen LogP contribution is -2.27. The first-order chi connectivity index (χ1) is 10.1. The highest BCUT2D eigenvalue weighted by atomic mass is 79.9. The van der Waals surface area contributed by atoms with Crippen molar-refractivity contribution in [3.63, 3.8) is 0 Å². The average molecular weight is 354 g/mol. The van der Waals surface area contributed by atoms with Gasteiger partial charge in [0.2, 0.25) is 0 Å². The van der Waals surface area contributed by atoms with Gasteiger partial charge in [0, 0.05) is 10.2 Å². The van der Waals surface area contributed by atoms with Gasteiger partial charge in [0.15, 0.2) is 0 Å². The third kappa shape index (κ3) is 3.40. The van der Waals surface area contributed by atoms with Gasteiger partial charge in [-0.25, -0.2) is 4.79 Å². The maximum absolute atomic E-state index is 12.1. The van der Waals surface area contributed by atoms with E-state index in [-0.39, 0.29) is 17.7 Å². The van der Waals surface area contributed by atoms with E-state index in [4.69, 9.17) is 15.2 Å². The molecule has 0 bridgehead atoms. The summed E-state index contributed by atoms with van der Waals surface area (Å²) in [7, 11) is 0. The first-order valence-corrected chi connectivity index (χ1v) is 8.27. The number of nitrogens with two attached hydrogens (primary N) is 1. The Morgan fingerprint density at radius 1 is 1.33 bits per heavy atom. The molecule has 114 valence electrons. The molecule has 21 heavy (non-hydrogen) atoms. The molecule has 0 amide bonds. The minimum atomic E-state index is -0.348. The second-order valence-corrected chi connectivity index (χ2v) is 6.96. The van der Waals surface area contributed by atoms with Crippen LogP contribution < -0.4 is 5.73 Å². The van der Waals surface area contributed by atoms with E-state index < -0.39 is 0 Å². The summed E-state index contributed by atoms with van der Waals surface area (Å²) >= 11 is 3.33. The molecule has 1 aliphatic carbocycles. The summed E-state index contributed by atoms with van der Waals surface area (Å²) in [6, 6.07) is 5.09. The SMILES string of the molecule is Nc1cc(Br)cc(C(=O)OCC2CCC3(CCCC3)O2)c1. The van der Waals surface area contributed by atoms with Crippen molar-refractivity contribution in [2.75, 3.05) is 12.3 Å². The number of benzene rings is 1. The molecule has 0 aromatic heterocycles. The van der Waals surface area contributed by atoms with Gasteiger partial charge in [0.1, 0.15) is 6.61 Å². The zero-order chi connectivity index (χ0) is 14.9. The highest BCUT2D eigenvalue weighted by Crippen LogP contribution is 2.43. The van der Waals surface area contributed by atoms with Crippen molar-refractivity contribution in [2.24, 2.45) is 0 Å². The number of rotatable bonds is 3. The largest absolute Gasteiger partial charge is 0.459 e. The summed E-state index contributed by atoms with van der Waals surface area (Å²) in [4.78, 5) is 12.1. The molecule has 2 fully saturated rings. The first-order valence-electron chi connectivity index (χ1n) is 7.47. The molecule has 1 aliphatic heterocycles. The third-order valence-corrected chi connectivity index (χ3v) is 4.87. The molecule has 0 radical (unpaired) electrons. The Labute approximate surface area is 133 Å². The minimum absolute atomic E-state index is 0.0385. The van der Waals surface area contributed by atoms with Crippen LogP contribution in [-0.4, -0.2) is 24.3 Å². The van der Waals surface area contributed by atoms with Gasteiger partial charge in [-0.05, 0) is 43.9 Å². The van der Waals surface area contributed by atoms with Gasteiger partial charge >= 0.3 is 5.97 Å². The fourth-order valence-electron chi connectivity index (χ4n) is 3.38. The van der Waals surface area contributed by atoms with Crippen LogP contribution in [0.3, 0.4) is 0 Å². The molecule has 3 rings (SSSR count). The second kappa shape index (κ2) is 5.97. The predicted octanol–water partition coefficient (Wildman–Crippen LogP) is 3.68. The zero-order valence-electron chi connectivity index (χ0n) is 11.9. The maximum Gasteiger partial charge on any atom is 0.338 e. The minimum Gasteiger partial charge on any atom is -0.459 e. The maximum atomic E-state index is 12.1. The molecule has 1 aromatic carbocycles. The quantitative estimate of drug-likeness (QED) is 0.664. The van der Waals surface area contributed by atoms with Crippen molar-refractivity contribution in [1.29, 1.82) is 0 Å². The van der Waals surface area contributed by atoms with E-state index in [9.17, 15) is 4.79 Å². The average Bonchev–Trinajstić information content (AvgIpc) is 3.06. The van der Waals surface area contributed by atoms with E-state index in [1.54, 1.807) is 18.2 Å². The van der Waals surface area contributed by atoms with Gasteiger partial charge in [-0.2, -0.15) is 0 Å². The first kappa shape index (κ1) is 14.9. The Kier molecular flexibility index (Phi) is 4.22. The number of hydrogen-bond donors (Lipinski definition) is 1. The van der Waals surface area contributed by atoms with Crippen molar-refractivity contribution < 1.29 is 14.3 Å². The summed E-state index contributed by atoms with van der Waals surface area (Å²) < 4.78 is 12.3. The summed E-state index contributed by atoms with van der Waals surface area (Å²) in [5.41, 5.74) is 6.82. The highest BCUT2D eigenvalue weighted by molar-refractivity contribution is 9.10. The zero-order valence-corrected chi connectivity index (χ0v) is 13.5. The van der Waals surface area contributed by atoms with Gasteiger partial charge in [-0.1, -0.05) is 28.8 Å². The summed E-state index contributed by atoms with van der Waals surface area (Å²) in [5.74, 6) is -0.348. The number of hydrogen-bond acceptors (Lipinski definition) is 4. The summed E-state index contributed by atoms with van der Waals surface area (Å²) in [5, 5.41) is 0. The number of halogens is 1. The van der Waals surface area contributed by atoms with Crippen LogP contribution in [0.1, 0.15) is 48.9 Å². The van der Waals surface area contributed by atoms with Gasteiger partial charge in [0.05, 0.1) is 17.3 Å². The van der Waals surface area contributed by atoms with Crippen LogP contribution >= 0.6 is 15.9 Å². The highest BCUT2D eigenvalue weighted by Gasteiger charge is 2.42. The molecule has 1 heterocycles. The van der Waals surface area contributed by atoms with Crippen molar-refractivity contribution in [3.8, 4) is 0 Å². The lowest BCUT2D eigenvalue weighted by molar-refractivity contribution is -0.0598. The number of ether oxygens (including phenoxy) is 2. The number of carbonyl (C=O) groups excluding carboxylic acids is 1. The monoisotopic (exact) mass is 353 g/mol. The van der Waals surface area contributed by atoms with Gasteiger partial charge in [-0.15, -0.1) is 0 Å². The van der Waals surface area contributed by atoms with Crippen LogP contribution in [0, 0.1) is 0 Å². The van der Waals surface area contributed by atoms with Gasteiger partial charge in [-0.3, -0.25) is 0 Å². The number of carbonyl (C=O) groups is 1. The lowest BCUT2D eigenvalue weighted by Gasteiger charge is -2.23. The van der Waals surface area contributed by atoms with E-state index in [1.807, 2.05) is 0 Å². The molecule has 1 atom stereocenters. The Balaban J connectivity index is 1.54. The smallest absolute Gasteiger partial charge is 0.338 e. The Morgan fingerprint density at radius 3 is 2.81 bits per heavy atom. The van der Waals surface area contributed by atoms with E-state index in [1.165, 1.54) is 12.8 Å². The summed E-state index contributed by atoms with van der Waals surface area (Å²) in [6.45, 7) is 0.326. The molecule has 1 saturated heterocycles. The Hall–Kier alpha value is -1.07. The van der Waals surface area contributed by atoms with Crippen LogP contribution in [-0.2, 0) is 9.47 Å². The predicted molar refractivity (Wildman–Crippen MR) is 84.1 cm³/mol. The standard InChI is InChI=1S/C16H20BrNO3/c17-12-7-11(8-13(18)9-12)15(19)20-10-14-3-6-16(21-14)4-1-2-5-16/h7-9,14H,1-6,10,18H2. The van der Waals surface area contributed by atoms with Crippen LogP contribution in [0.5, 0.6) is 0 Å². The number of nitrogen functional groups attached to an aromatic ring is 1. The van der Waals surface area contributed by atoms with E-state index >= 15 is 0 Å². The van der Waals surface area contributed by atoms with Crippen LogP contribution in [0.2, 0.25) is 0 Å². The number of esters is 1. The fraction of sp³-hybridized carbons (Fsp3) is 0.562. The van der Waals surface area contributed by atoms with Crippen LogP contribution in [0.15, 0.2) is 22.7 Å². The molecule has 1 spiro atoms. The summed E-state index contributed by atoms with van der Waals surface area (Å²) in [6.07, 6.45) is 6.93. The van der Waals surface area contributed by atoms with Crippen molar-refractivity contribution in [2.45, 2.75) is 50.2 Å². The Bertz CT molecular complexity index is 520. The Morgan fingerprint density at radius 2 is 2.10 bits per heavy atom. The molecular formula is C16H20BrNO3. The van der Waals surface area contributed by atoms with Crippen LogP contribution in [0.4, 0.5) is 5.69 Å². The van der Waals surface area contributed by atoms with E-state index in [0.717, 1.165) is 30.2 Å². The third-order valence-electron chi connectivity index (χ3n) is 4.41. The molecule has 1 unspecified atom stereocenters. The normalized spacial score (nSPS) is 23.6. The number of anilines is 1. The van der Waals surface area contributed by atoms with Crippen molar-refractivity contribution >= 4 is 27.6 Å². The molecule has 5 heteroatoms. The topological polar surface area (TPSA) is 61.6 Å². The molecule has 1 aromatic rings. The molecule has 4 nitrogen and oxygen atoms in total. The second-order valence-electron chi connectivity index (χ2n) is 6.04. The fourth-order valence-corrected chi connectivity index (χ4v) is 3.89. The molecule has 2 aliphatic rings. The van der Waals surface area contributed by atoms with Gasteiger partial charge < -0.3 is 15.2 Å². The van der Waals surface area contributed by atoms with Crippen LogP contribution in [0.25, 0.3) is 0 Å². The van der Waals surface area contributed by atoms with Gasteiger partial charge in [0.25, 0.3) is 0 Å². The van der Waals surface area contributed by atoms with Crippen molar-refractivity contribution in [1.82, 2.24) is 0 Å². The lowest BCUT2D eigenvalue weighted by atomic mass is 9.98. The van der Waals surface area contributed by atoms with E-state index in [2.05, 4.69) is 15.9 Å². The molecule has 2 N–H and O–H groups in total. The van der Waals surface area contributed by atoms with E-state index in [0.29, 0.717) is 17.9 Å². The molecular weight excluding hydrogens is 334 g/mol. The molecule has 1 saturated carbocycles. The van der Waals surface area contributed by atoms with Crippen molar-refractivity contribution in [3.05, 3.63) is 28.2 Å².